The summed E-state index contributed by atoms with van der Waals surface area (Å²) in [5.41, 5.74) is 0.526. The van der Waals surface area contributed by atoms with Gasteiger partial charge in [0.2, 0.25) is 0 Å². The fourth-order valence-electron chi connectivity index (χ4n) is 2.73. The second-order valence-electron chi connectivity index (χ2n) is 5.71. The van der Waals surface area contributed by atoms with E-state index in [-0.39, 0.29) is 6.04 Å². The Morgan fingerprint density at radius 3 is 2.75 bits per heavy atom. The van der Waals surface area contributed by atoms with Gasteiger partial charge in [-0.15, -0.1) is 0 Å². The molecule has 1 aliphatic rings. The molecular weight excluding hydrogens is 325 g/mol. The van der Waals surface area contributed by atoms with E-state index >= 15 is 0 Å². The molecule has 8 heteroatoms. The molecule has 1 aromatic rings. The van der Waals surface area contributed by atoms with Crippen LogP contribution < -0.4 is 15.4 Å². The molecule has 0 saturated heterocycles. The van der Waals surface area contributed by atoms with Gasteiger partial charge in [-0.05, 0) is 37.8 Å². The van der Waals surface area contributed by atoms with Crippen LogP contribution >= 0.6 is 0 Å². The van der Waals surface area contributed by atoms with Crippen LogP contribution in [0.2, 0.25) is 0 Å². The zero-order valence-electron chi connectivity index (χ0n) is 13.4. The Hall–Kier alpha value is -1.96. The number of methoxy groups -OCH3 is 1. The Kier molecular flexibility index (Phi) is 6.30. The minimum Gasteiger partial charge on any atom is -0.495 e. The molecule has 1 aliphatic carbocycles. The number of rotatable bonds is 5. The summed E-state index contributed by atoms with van der Waals surface area (Å²) in [4.78, 5) is 12.1. The average Bonchev–Trinajstić information content (AvgIpc) is 2.53. The van der Waals surface area contributed by atoms with Gasteiger partial charge in [-0.3, -0.25) is 0 Å². The third-order valence-electron chi connectivity index (χ3n) is 3.80. The Morgan fingerprint density at radius 2 is 2.04 bits per heavy atom. The lowest BCUT2D eigenvalue weighted by molar-refractivity contribution is -0.188. The molecule has 2 rings (SSSR count). The van der Waals surface area contributed by atoms with E-state index in [4.69, 9.17) is 9.47 Å². The van der Waals surface area contributed by atoms with Crippen LogP contribution in [-0.4, -0.2) is 38.1 Å². The number of urea groups is 1. The van der Waals surface area contributed by atoms with Crippen molar-refractivity contribution in [2.75, 3.05) is 19.0 Å². The molecule has 5 nitrogen and oxygen atoms in total. The molecule has 2 atom stereocenters. The lowest BCUT2D eigenvalue weighted by Gasteiger charge is -2.30. The smallest absolute Gasteiger partial charge is 0.411 e. The number of hydrogen-bond acceptors (Lipinski definition) is 3. The summed E-state index contributed by atoms with van der Waals surface area (Å²) in [7, 11) is 1.50. The normalized spacial score (nSPS) is 21.2. The highest BCUT2D eigenvalue weighted by atomic mass is 19.4. The highest BCUT2D eigenvalue weighted by molar-refractivity contribution is 5.91. The molecule has 0 aliphatic heterocycles. The third-order valence-corrected chi connectivity index (χ3v) is 3.80. The van der Waals surface area contributed by atoms with Crippen LogP contribution in [0, 0.1) is 0 Å². The molecule has 2 amide bonds. The second-order valence-corrected chi connectivity index (χ2v) is 5.71. The highest BCUT2D eigenvalue weighted by Gasteiger charge is 2.31. The molecule has 2 N–H and O–H groups in total. The number of amides is 2. The fraction of sp³-hybridized carbons (Fsp3) is 0.562. The Morgan fingerprint density at radius 1 is 1.29 bits per heavy atom. The predicted molar refractivity (Wildman–Crippen MR) is 83.2 cm³/mol. The number of hydrogen-bond donors (Lipinski definition) is 2. The molecule has 134 valence electrons. The fourth-order valence-corrected chi connectivity index (χ4v) is 2.73. The molecule has 1 aromatic carbocycles. The molecule has 0 spiro atoms. The molecule has 0 aromatic heterocycles. The van der Waals surface area contributed by atoms with Gasteiger partial charge in [0.15, 0.2) is 0 Å². The summed E-state index contributed by atoms with van der Waals surface area (Å²) in [5, 5.41) is 5.46. The van der Waals surface area contributed by atoms with Gasteiger partial charge in [-0.25, -0.2) is 4.79 Å². The minimum absolute atomic E-state index is 0.216. The van der Waals surface area contributed by atoms with Gasteiger partial charge in [-0.2, -0.15) is 13.2 Å². The van der Waals surface area contributed by atoms with Crippen molar-refractivity contribution < 1.29 is 27.4 Å². The monoisotopic (exact) mass is 346 g/mol. The van der Waals surface area contributed by atoms with Crippen molar-refractivity contribution in [1.82, 2.24) is 5.32 Å². The molecular formula is C16H21F3N2O3. The van der Waals surface area contributed by atoms with Crippen LogP contribution in [0.15, 0.2) is 24.3 Å². The number of halogens is 3. The first-order chi connectivity index (χ1) is 11.4. The van der Waals surface area contributed by atoms with E-state index in [1.54, 1.807) is 24.3 Å². The van der Waals surface area contributed by atoms with E-state index in [9.17, 15) is 18.0 Å². The summed E-state index contributed by atoms with van der Waals surface area (Å²) in [6, 6.07) is 6.34. The van der Waals surface area contributed by atoms with Gasteiger partial charge < -0.3 is 20.1 Å². The van der Waals surface area contributed by atoms with Crippen LogP contribution in [0.25, 0.3) is 0 Å². The molecule has 1 fully saturated rings. The van der Waals surface area contributed by atoms with E-state index in [1.165, 1.54) is 7.11 Å². The van der Waals surface area contributed by atoms with Crippen molar-refractivity contribution >= 4 is 11.7 Å². The number of nitrogens with one attached hydrogen (secondary N) is 2. The predicted octanol–water partition coefficient (Wildman–Crippen LogP) is 3.71. The number of para-hydroxylation sites is 2. The molecule has 0 unspecified atom stereocenters. The van der Waals surface area contributed by atoms with Gasteiger partial charge in [0.25, 0.3) is 0 Å². The van der Waals surface area contributed by atoms with Crippen molar-refractivity contribution in [2.45, 2.75) is 44.0 Å². The summed E-state index contributed by atoms with van der Waals surface area (Å²) in [5.74, 6) is 0.530. The third kappa shape index (κ3) is 5.92. The van der Waals surface area contributed by atoms with E-state index < -0.39 is 24.9 Å². The maximum atomic E-state index is 12.2. The van der Waals surface area contributed by atoms with Crippen LogP contribution in [0.3, 0.4) is 0 Å². The minimum atomic E-state index is -4.33. The number of ether oxygens (including phenoxy) is 2. The Labute approximate surface area is 138 Å². The zero-order valence-corrected chi connectivity index (χ0v) is 13.4. The number of carbonyl (C=O) groups excluding carboxylic acids is 1. The van der Waals surface area contributed by atoms with Crippen LogP contribution in [0.1, 0.15) is 25.7 Å². The summed E-state index contributed by atoms with van der Waals surface area (Å²) in [6.45, 7) is -1.25. The highest BCUT2D eigenvalue weighted by Crippen LogP contribution is 2.25. The van der Waals surface area contributed by atoms with Gasteiger partial charge >= 0.3 is 12.2 Å². The summed E-state index contributed by atoms with van der Waals surface area (Å²) >= 11 is 0. The SMILES string of the molecule is COc1ccccc1NC(=O)N[C@@H]1CCC[C@H](OCC(F)(F)F)C1. The van der Waals surface area contributed by atoms with Crippen molar-refractivity contribution in [2.24, 2.45) is 0 Å². The quantitative estimate of drug-likeness (QED) is 0.854. The largest absolute Gasteiger partial charge is 0.495 e. The number of carbonyl (C=O) groups is 1. The van der Waals surface area contributed by atoms with Crippen LogP contribution in [0.4, 0.5) is 23.7 Å². The summed E-state index contributed by atoms with van der Waals surface area (Å²) in [6.07, 6.45) is -2.45. The zero-order chi connectivity index (χ0) is 17.6. The number of alkyl halides is 3. The first-order valence-electron chi connectivity index (χ1n) is 7.76. The van der Waals surface area contributed by atoms with Gasteiger partial charge in [0.05, 0.1) is 18.9 Å². The van der Waals surface area contributed by atoms with Crippen molar-refractivity contribution in [3.8, 4) is 5.75 Å². The summed E-state index contributed by atoms with van der Waals surface area (Å²) < 4.78 is 46.7. The molecule has 0 radical (unpaired) electrons. The Bertz CT molecular complexity index is 552. The van der Waals surface area contributed by atoms with E-state index in [2.05, 4.69) is 10.6 Å². The average molecular weight is 346 g/mol. The maximum Gasteiger partial charge on any atom is 0.411 e. The molecule has 24 heavy (non-hydrogen) atoms. The Balaban J connectivity index is 1.83. The van der Waals surface area contributed by atoms with Gasteiger partial charge in [0, 0.05) is 6.04 Å². The first-order valence-corrected chi connectivity index (χ1v) is 7.76. The standard InChI is InChI=1S/C16H21F3N2O3/c1-23-14-8-3-2-7-13(14)21-15(22)20-11-5-4-6-12(9-11)24-10-16(17,18)19/h2-3,7-8,11-12H,4-6,9-10H2,1H3,(H2,20,21,22)/t11-,12+/m1/s1. The number of anilines is 1. The van der Waals surface area contributed by atoms with Crippen LogP contribution in [-0.2, 0) is 4.74 Å². The van der Waals surface area contributed by atoms with Crippen molar-refractivity contribution in [3.05, 3.63) is 24.3 Å². The van der Waals surface area contributed by atoms with Crippen molar-refractivity contribution in [3.63, 3.8) is 0 Å². The topological polar surface area (TPSA) is 59.6 Å². The molecule has 0 heterocycles. The lowest BCUT2D eigenvalue weighted by atomic mass is 9.93. The van der Waals surface area contributed by atoms with E-state index in [1.807, 2.05) is 0 Å². The molecule has 0 bridgehead atoms. The van der Waals surface area contributed by atoms with E-state index in [0.717, 1.165) is 0 Å². The molecule has 1 saturated carbocycles. The van der Waals surface area contributed by atoms with Gasteiger partial charge in [-0.1, -0.05) is 12.1 Å². The van der Waals surface area contributed by atoms with Crippen LogP contribution in [0.5, 0.6) is 5.75 Å². The number of benzene rings is 1. The maximum absolute atomic E-state index is 12.2. The second kappa shape index (κ2) is 8.23. The van der Waals surface area contributed by atoms with Crippen molar-refractivity contribution in [1.29, 1.82) is 0 Å². The van der Waals surface area contributed by atoms with E-state index in [0.29, 0.717) is 37.1 Å². The van der Waals surface area contributed by atoms with Gasteiger partial charge in [0.1, 0.15) is 12.4 Å². The lowest BCUT2D eigenvalue weighted by Crippen LogP contribution is -2.43. The first kappa shape index (κ1) is 18.4.